The number of hydrogen-bond donors (Lipinski definition) is 3. The maximum Gasteiger partial charge on any atom is 0.416 e. The molecule has 228 valence electrons. The van der Waals surface area contributed by atoms with Crippen LogP contribution in [0.15, 0.2) is 60.7 Å². The largest absolute Gasteiger partial charge is 0.416 e. The van der Waals surface area contributed by atoms with Gasteiger partial charge in [-0.3, -0.25) is 9.59 Å². The first kappa shape index (κ1) is 30.5. The second-order valence-electron chi connectivity index (χ2n) is 11.6. The van der Waals surface area contributed by atoms with Gasteiger partial charge in [0.1, 0.15) is 5.82 Å². The lowest BCUT2D eigenvalue weighted by Crippen LogP contribution is -2.51. The van der Waals surface area contributed by atoms with E-state index in [1.165, 1.54) is 36.1 Å². The third kappa shape index (κ3) is 6.69. The minimum absolute atomic E-state index is 0.0137. The van der Waals surface area contributed by atoms with Crippen LogP contribution in [-0.4, -0.2) is 40.5 Å². The average Bonchev–Trinajstić information content (AvgIpc) is 3.46. The number of alkyl halides is 3. The first-order valence-corrected chi connectivity index (χ1v) is 14.5. The third-order valence-electron chi connectivity index (χ3n) is 8.47. The molecule has 6 nitrogen and oxygen atoms in total. The topological polar surface area (TPSA) is 81.7 Å². The summed E-state index contributed by atoms with van der Waals surface area (Å²) in [5.74, 6) is -3.10. The van der Waals surface area contributed by atoms with Gasteiger partial charge in [-0.15, -0.1) is 0 Å². The van der Waals surface area contributed by atoms with Crippen molar-refractivity contribution in [3.05, 3.63) is 94.3 Å². The maximum atomic E-state index is 14.9. The summed E-state index contributed by atoms with van der Waals surface area (Å²) >= 11 is 0. The SMILES string of the molecule is Cc1ccc(NC(=O)[C@@H]2CC(O)CN(C(=O)c3c(C)cccc3F)[C@@H]2c2ccc(NC3CCCC3)cc2)cc1C(F)(F)F. The van der Waals surface area contributed by atoms with Crippen molar-refractivity contribution in [1.29, 1.82) is 0 Å². The van der Waals surface area contributed by atoms with Gasteiger partial charge in [-0.05, 0) is 80.1 Å². The molecule has 2 amide bonds. The van der Waals surface area contributed by atoms with Crippen molar-refractivity contribution in [2.24, 2.45) is 5.92 Å². The summed E-state index contributed by atoms with van der Waals surface area (Å²) in [7, 11) is 0. The van der Waals surface area contributed by atoms with Crippen molar-refractivity contribution in [2.75, 3.05) is 17.2 Å². The van der Waals surface area contributed by atoms with Crippen LogP contribution in [0.2, 0.25) is 0 Å². The zero-order valence-electron chi connectivity index (χ0n) is 24.0. The molecule has 10 heteroatoms. The van der Waals surface area contributed by atoms with E-state index in [0.29, 0.717) is 17.2 Å². The van der Waals surface area contributed by atoms with E-state index >= 15 is 0 Å². The molecule has 1 saturated heterocycles. The van der Waals surface area contributed by atoms with Gasteiger partial charge < -0.3 is 20.6 Å². The number of carbonyl (C=O) groups is 2. The molecule has 2 fully saturated rings. The number of β-amino-alcohol motifs (C(OH)–C–C–N with tert-alkyl or cyclic N) is 1. The fourth-order valence-corrected chi connectivity index (χ4v) is 6.30. The van der Waals surface area contributed by atoms with E-state index in [4.69, 9.17) is 0 Å². The zero-order chi connectivity index (χ0) is 30.9. The Kier molecular flexibility index (Phi) is 8.78. The number of aryl methyl sites for hydroxylation is 2. The van der Waals surface area contributed by atoms with Crippen LogP contribution < -0.4 is 10.6 Å². The molecule has 3 atom stereocenters. The molecule has 2 aliphatic rings. The first-order valence-electron chi connectivity index (χ1n) is 14.5. The number of hydrogen-bond acceptors (Lipinski definition) is 4. The van der Waals surface area contributed by atoms with Gasteiger partial charge in [0.15, 0.2) is 0 Å². The lowest BCUT2D eigenvalue weighted by molar-refractivity contribution is -0.138. The number of halogens is 4. The van der Waals surface area contributed by atoms with E-state index < -0.39 is 47.4 Å². The Morgan fingerprint density at radius 1 is 0.930 bits per heavy atom. The highest BCUT2D eigenvalue weighted by molar-refractivity contribution is 5.98. The van der Waals surface area contributed by atoms with E-state index in [1.807, 2.05) is 12.1 Å². The number of likely N-dealkylation sites (tertiary alicyclic amines) is 1. The first-order chi connectivity index (χ1) is 20.4. The van der Waals surface area contributed by atoms with Crippen LogP contribution >= 0.6 is 0 Å². The fourth-order valence-electron chi connectivity index (χ4n) is 6.30. The van der Waals surface area contributed by atoms with Crippen LogP contribution in [0.5, 0.6) is 0 Å². The van der Waals surface area contributed by atoms with Gasteiger partial charge in [-0.1, -0.05) is 43.2 Å². The number of nitrogens with zero attached hydrogens (tertiary/aromatic N) is 1. The molecule has 1 saturated carbocycles. The molecule has 1 aliphatic carbocycles. The zero-order valence-corrected chi connectivity index (χ0v) is 24.0. The lowest BCUT2D eigenvalue weighted by Gasteiger charge is -2.43. The molecule has 3 N–H and O–H groups in total. The van der Waals surface area contributed by atoms with Crippen LogP contribution in [0.4, 0.5) is 28.9 Å². The normalized spacial score (nSPS) is 21.1. The number of amides is 2. The summed E-state index contributed by atoms with van der Waals surface area (Å²) in [5, 5.41) is 16.9. The highest BCUT2D eigenvalue weighted by Crippen LogP contribution is 2.40. The van der Waals surface area contributed by atoms with Gasteiger partial charge in [0.05, 0.1) is 29.2 Å². The van der Waals surface area contributed by atoms with Gasteiger partial charge in [0.25, 0.3) is 5.91 Å². The second kappa shape index (κ2) is 12.4. The maximum absolute atomic E-state index is 14.9. The van der Waals surface area contributed by atoms with Crippen molar-refractivity contribution >= 4 is 23.2 Å². The van der Waals surface area contributed by atoms with Crippen LogP contribution in [-0.2, 0) is 11.0 Å². The number of aliphatic hydroxyl groups is 1. The van der Waals surface area contributed by atoms with E-state index in [1.54, 1.807) is 25.1 Å². The average molecular weight is 598 g/mol. The Bertz CT molecular complexity index is 1470. The molecule has 1 aliphatic heterocycles. The molecule has 5 rings (SSSR count). The summed E-state index contributed by atoms with van der Waals surface area (Å²) in [4.78, 5) is 28.9. The third-order valence-corrected chi connectivity index (χ3v) is 8.47. The molecule has 43 heavy (non-hydrogen) atoms. The van der Waals surface area contributed by atoms with Crippen molar-refractivity contribution in [3.63, 3.8) is 0 Å². The molecular weight excluding hydrogens is 562 g/mol. The van der Waals surface area contributed by atoms with Gasteiger partial charge in [-0.2, -0.15) is 13.2 Å². The summed E-state index contributed by atoms with van der Waals surface area (Å²) in [5.41, 5.74) is 0.804. The number of carbonyl (C=O) groups excluding carboxylic acids is 2. The van der Waals surface area contributed by atoms with Crippen LogP contribution in [0.1, 0.15) is 70.8 Å². The van der Waals surface area contributed by atoms with Crippen LogP contribution in [0.3, 0.4) is 0 Å². The molecule has 0 bridgehead atoms. The molecular formula is C33H35F4N3O3. The predicted octanol–water partition coefficient (Wildman–Crippen LogP) is 7.02. The molecule has 0 aromatic heterocycles. The smallest absolute Gasteiger partial charge is 0.391 e. The van der Waals surface area contributed by atoms with Gasteiger partial charge in [0, 0.05) is 24.0 Å². The summed E-state index contributed by atoms with van der Waals surface area (Å²) in [6.45, 7) is 2.79. The van der Waals surface area contributed by atoms with Crippen molar-refractivity contribution in [1.82, 2.24) is 4.90 Å². The van der Waals surface area contributed by atoms with Gasteiger partial charge in [-0.25, -0.2) is 4.39 Å². The Labute approximate surface area is 248 Å². The molecule has 0 spiro atoms. The van der Waals surface area contributed by atoms with E-state index in [9.17, 15) is 32.3 Å². The molecule has 0 radical (unpaired) electrons. The number of anilines is 2. The van der Waals surface area contributed by atoms with Gasteiger partial charge in [0.2, 0.25) is 5.91 Å². The predicted molar refractivity (Wildman–Crippen MR) is 156 cm³/mol. The van der Waals surface area contributed by atoms with Crippen LogP contribution in [0, 0.1) is 25.6 Å². The van der Waals surface area contributed by atoms with Gasteiger partial charge >= 0.3 is 6.18 Å². The van der Waals surface area contributed by atoms with E-state index in [0.717, 1.165) is 37.4 Å². The lowest BCUT2D eigenvalue weighted by atomic mass is 9.82. The molecule has 1 heterocycles. The van der Waals surface area contributed by atoms with Crippen molar-refractivity contribution in [2.45, 2.75) is 70.3 Å². The fraction of sp³-hybridized carbons (Fsp3) is 0.394. The Hall–Kier alpha value is -3.92. The quantitative estimate of drug-likeness (QED) is 0.267. The summed E-state index contributed by atoms with van der Waals surface area (Å²) < 4.78 is 55.6. The molecule has 1 unspecified atom stereocenters. The van der Waals surface area contributed by atoms with Crippen LogP contribution in [0.25, 0.3) is 0 Å². The number of rotatable bonds is 6. The number of nitrogens with one attached hydrogen (secondary N) is 2. The van der Waals surface area contributed by atoms with Crippen molar-refractivity contribution < 1.29 is 32.3 Å². The van der Waals surface area contributed by atoms with Crippen molar-refractivity contribution in [3.8, 4) is 0 Å². The Morgan fingerprint density at radius 2 is 1.60 bits per heavy atom. The highest BCUT2D eigenvalue weighted by atomic mass is 19.4. The summed E-state index contributed by atoms with van der Waals surface area (Å²) in [6, 6.07) is 14.6. The summed E-state index contributed by atoms with van der Waals surface area (Å²) in [6.07, 6.45) is -1.30. The second-order valence-corrected chi connectivity index (χ2v) is 11.6. The minimum atomic E-state index is -4.61. The molecule has 3 aromatic rings. The number of aliphatic hydroxyl groups excluding tert-OH is 1. The van der Waals surface area contributed by atoms with E-state index in [2.05, 4.69) is 10.6 Å². The van der Waals surface area contributed by atoms with E-state index in [-0.39, 0.29) is 29.8 Å². The minimum Gasteiger partial charge on any atom is -0.391 e. The number of piperidine rings is 1. The Balaban J connectivity index is 1.51. The standard InChI is InChI=1S/C33H35F4N3O3/c1-19-10-13-24(16-27(19)33(35,36)37)39-31(42)26-17-25(41)18-40(32(43)29-20(2)6-5-9-28(29)34)30(26)21-11-14-23(15-12-21)38-22-7-3-4-8-22/h5-6,9-16,22,25-26,30,38,41H,3-4,7-8,17-18H2,1-2H3,(H,39,42)/t25?,26-,30-/m1/s1. The molecule has 3 aromatic carbocycles. The number of benzene rings is 3. The highest BCUT2D eigenvalue weighted by Gasteiger charge is 2.44. The Morgan fingerprint density at radius 3 is 2.26 bits per heavy atom. The monoisotopic (exact) mass is 597 g/mol.